The van der Waals surface area contributed by atoms with Gasteiger partial charge in [0.05, 0.1) is 0 Å². The molecule has 2 nitrogen and oxygen atoms in total. The fourth-order valence-electron chi connectivity index (χ4n) is 2.95. The summed E-state index contributed by atoms with van der Waals surface area (Å²) >= 11 is 0. The molecule has 100 valence electrons. The first-order valence-electron chi connectivity index (χ1n) is 7.32. The van der Waals surface area contributed by atoms with Gasteiger partial charge in [0, 0.05) is 30.9 Å². The zero-order chi connectivity index (χ0) is 13.0. The predicted molar refractivity (Wildman–Crippen MR) is 79.1 cm³/mol. The van der Waals surface area contributed by atoms with E-state index in [4.69, 9.17) is 0 Å². The van der Waals surface area contributed by atoms with Crippen molar-refractivity contribution in [2.24, 2.45) is 0 Å². The summed E-state index contributed by atoms with van der Waals surface area (Å²) in [5.41, 5.74) is 3.14. The molecule has 0 aromatic heterocycles. The van der Waals surface area contributed by atoms with Gasteiger partial charge < -0.3 is 10.2 Å². The van der Waals surface area contributed by atoms with E-state index in [1.54, 1.807) is 0 Å². The highest BCUT2D eigenvalue weighted by atomic mass is 15.2. The second-order valence-corrected chi connectivity index (χ2v) is 5.39. The smallest absolute Gasteiger partial charge is 0.0412 e. The zero-order valence-electron chi connectivity index (χ0n) is 12.0. The van der Waals surface area contributed by atoms with Crippen molar-refractivity contribution in [1.29, 1.82) is 0 Å². The van der Waals surface area contributed by atoms with E-state index in [0.717, 1.165) is 19.6 Å². The Balaban J connectivity index is 2.33. The summed E-state index contributed by atoms with van der Waals surface area (Å²) in [6.45, 7) is 10.1. The van der Waals surface area contributed by atoms with Gasteiger partial charge in [-0.3, -0.25) is 0 Å². The minimum absolute atomic E-state index is 0.272. The van der Waals surface area contributed by atoms with Crippen LogP contribution < -0.4 is 10.2 Å². The standard InChI is InChI=1S/C16H26N2/c1-4-11-18-13-16(5-2,6-3)17-12-14-9-7-8-10-15(14)18/h7-10,17H,4-6,11-13H2,1-3H3. The lowest BCUT2D eigenvalue weighted by Gasteiger charge is -2.36. The lowest BCUT2D eigenvalue weighted by atomic mass is 9.92. The molecule has 1 aliphatic heterocycles. The van der Waals surface area contributed by atoms with Crippen molar-refractivity contribution < 1.29 is 0 Å². The highest BCUT2D eigenvalue weighted by Gasteiger charge is 2.31. The highest BCUT2D eigenvalue weighted by molar-refractivity contribution is 5.55. The maximum atomic E-state index is 3.80. The fourth-order valence-corrected chi connectivity index (χ4v) is 2.95. The molecule has 1 aromatic carbocycles. The Morgan fingerprint density at radius 3 is 2.56 bits per heavy atom. The first-order valence-corrected chi connectivity index (χ1v) is 7.32. The number of hydrogen-bond acceptors (Lipinski definition) is 2. The molecule has 0 bridgehead atoms. The molecule has 1 aliphatic rings. The van der Waals surface area contributed by atoms with Crippen LogP contribution in [0.5, 0.6) is 0 Å². The SMILES string of the molecule is CCCN1CC(CC)(CC)NCc2ccccc21. The van der Waals surface area contributed by atoms with Crippen molar-refractivity contribution in [3.63, 3.8) is 0 Å². The van der Waals surface area contributed by atoms with Gasteiger partial charge in [-0.15, -0.1) is 0 Å². The summed E-state index contributed by atoms with van der Waals surface area (Å²) in [7, 11) is 0. The molecule has 0 unspecified atom stereocenters. The number of hydrogen-bond donors (Lipinski definition) is 1. The van der Waals surface area contributed by atoms with Crippen LogP contribution >= 0.6 is 0 Å². The molecule has 2 rings (SSSR count). The van der Waals surface area contributed by atoms with Gasteiger partial charge in [0.2, 0.25) is 0 Å². The Morgan fingerprint density at radius 1 is 1.17 bits per heavy atom. The van der Waals surface area contributed by atoms with Gasteiger partial charge in [0.25, 0.3) is 0 Å². The van der Waals surface area contributed by atoms with E-state index >= 15 is 0 Å². The van der Waals surface area contributed by atoms with E-state index in [9.17, 15) is 0 Å². The van der Waals surface area contributed by atoms with Crippen LogP contribution in [0, 0.1) is 0 Å². The van der Waals surface area contributed by atoms with Crippen LogP contribution in [0.1, 0.15) is 45.6 Å². The van der Waals surface area contributed by atoms with Gasteiger partial charge in [0.15, 0.2) is 0 Å². The van der Waals surface area contributed by atoms with E-state index in [1.807, 2.05) is 0 Å². The van der Waals surface area contributed by atoms with E-state index in [2.05, 4.69) is 55.3 Å². The maximum Gasteiger partial charge on any atom is 0.0412 e. The van der Waals surface area contributed by atoms with Crippen LogP contribution in [0.4, 0.5) is 5.69 Å². The third-order valence-corrected chi connectivity index (χ3v) is 4.33. The topological polar surface area (TPSA) is 15.3 Å². The summed E-state index contributed by atoms with van der Waals surface area (Å²) in [5.74, 6) is 0. The summed E-state index contributed by atoms with van der Waals surface area (Å²) in [6, 6.07) is 8.84. The number of benzene rings is 1. The first kappa shape index (κ1) is 13.4. The van der Waals surface area contributed by atoms with E-state index < -0.39 is 0 Å². The van der Waals surface area contributed by atoms with Crippen LogP contribution in [0.15, 0.2) is 24.3 Å². The maximum absolute atomic E-state index is 3.80. The van der Waals surface area contributed by atoms with Gasteiger partial charge >= 0.3 is 0 Å². The molecule has 1 N–H and O–H groups in total. The number of fused-ring (bicyclic) bond motifs is 1. The number of rotatable bonds is 4. The summed E-state index contributed by atoms with van der Waals surface area (Å²) in [5, 5.41) is 3.80. The number of anilines is 1. The molecule has 2 heteroatoms. The van der Waals surface area contributed by atoms with Gasteiger partial charge in [-0.05, 0) is 30.9 Å². The lowest BCUT2D eigenvalue weighted by molar-refractivity contribution is 0.307. The number of nitrogens with zero attached hydrogens (tertiary/aromatic N) is 1. The zero-order valence-corrected chi connectivity index (χ0v) is 12.0. The molecule has 1 aromatic rings. The van der Waals surface area contributed by atoms with Crippen molar-refractivity contribution in [2.45, 2.75) is 52.1 Å². The third-order valence-electron chi connectivity index (χ3n) is 4.33. The third kappa shape index (κ3) is 2.54. The second-order valence-electron chi connectivity index (χ2n) is 5.39. The van der Waals surface area contributed by atoms with Crippen molar-refractivity contribution in [1.82, 2.24) is 5.32 Å². The molecule has 0 saturated carbocycles. The highest BCUT2D eigenvalue weighted by Crippen LogP contribution is 2.29. The Labute approximate surface area is 111 Å². The molecule has 0 saturated heterocycles. The largest absolute Gasteiger partial charge is 0.369 e. The summed E-state index contributed by atoms with van der Waals surface area (Å²) in [6.07, 6.45) is 3.59. The van der Waals surface area contributed by atoms with Gasteiger partial charge in [-0.1, -0.05) is 39.0 Å². The van der Waals surface area contributed by atoms with Crippen molar-refractivity contribution in [3.05, 3.63) is 29.8 Å². The Bertz CT molecular complexity index is 382. The first-order chi connectivity index (χ1) is 8.74. The van der Waals surface area contributed by atoms with Crippen LogP contribution in [0.2, 0.25) is 0 Å². The monoisotopic (exact) mass is 246 g/mol. The second kappa shape index (κ2) is 5.75. The summed E-state index contributed by atoms with van der Waals surface area (Å²) < 4.78 is 0. The van der Waals surface area contributed by atoms with Crippen LogP contribution in [-0.4, -0.2) is 18.6 Å². The molecule has 0 radical (unpaired) electrons. The average Bonchev–Trinajstić information content (AvgIpc) is 2.58. The summed E-state index contributed by atoms with van der Waals surface area (Å²) in [4.78, 5) is 2.57. The normalized spacial score (nSPS) is 18.3. The fraction of sp³-hybridized carbons (Fsp3) is 0.625. The molecular formula is C16H26N2. The van der Waals surface area contributed by atoms with E-state index in [-0.39, 0.29) is 5.54 Å². The van der Waals surface area contributed by atoms with Crippen molar-refractivity contribution in [2.75, 3.05) is 18.0 Å². The van der Waals surface area contributed by atoms with Gasteiger partial charge in [-0.25, -0.2) is 0 Å². The van der Waals surface area contributed by atoms with Crippen LogP contribution in [0.3, 0.4) is 0 Å². The Hall–Kier alpha value is -1.02. The van der Waals surface area contributed by atoms with Crippen molar-refractivity contribution >= 4 is 5.69 Å². The Morgan fingerprint density at radius 2 is 1.89 bits per heavy atom. The predicted octanol–water partition coefficient (Wildman–Crippen LogP) is 3.57. The average molecular weight is 246 g/mol. The molecule has 18 heavy (non-hydrogen) atoms. The van der Waals surface area contributed by atoms with E-state index in [0.29, 0.717) is 0 Å². The van der Waals surface area contributed by atoms with Crippen LogP contribution in [0.25, 0.3) is 0 Å². The minimum Gasteiger partial charge on any atom is -0.369 e. The number of nitrogens with one attached hydrogen (secondary N) is 1. The minimum atomic E-state index is 0.272. The molecule has 0 amide bonds. The molecule has 0 aliphatic carbocycles. The molecular weight excluding hydrogens is 220 g/mol. The van der Waals surface area contributed by atoms with Crippen LogP contribution in [-0.2, 0) is 6.54 Å². The molecule has 0 spiro atoms. The van der Waals surface area contributed by atoms with Gasteiger partial charge in [-0.2, -0.15) is 0 Å². The lowest BCUT2D eigenvalue weighted by Crippen LogP contribution is -2.51. The quantitative estimate of drug-likeness (QED) is 0.874. The Kier molecular flexibility index (Phi) is 4.28. The molecule has 0 fully saturated rings. The van der Waals surface area contributed by atoms with E-state index in [1.165, 1.54) is 30.5 Å². The number of para-hydroxylation sites is 1. The van der Waals surface area contributed by atoms with Gasteiger partial charge in [0.1, 0.15) is 0 Å². The molecule has 1 heterocycles. The van der Waals surface area contributed by atoms with Crippen molar-refractivity contribution in [3.8, 4) is 0 Å². The molecule has 0 atom stereocenters.